The molecule has 2 aromatic heterocycles. The van der Waals surface area contributed by atoms with E-state index in [0.29, 0.717) is 10.7 Å². The number of nitrogens with one attached hydrogen (secondary N) is 2. The summed E-state index contributed by atoms with van der Waals surface area (Å²) in [6, 6.07) is 13.0. The van der Waals surface area contributed by atoms with Gasteiger partial charge in [-0.1, -0.05) is 12.1 Å². The molecule has 22 heavy (non-hydrogen) atoms. The van der Waals surface area contributed by atoms with Crippen molar-refractivity contribution in [1.29, 1.82) is 0 Å². The van der Waals surface area contributed by atoms with Gasteiger partial charge in [-0.05, 0) is 36.6 Å². The van der Waals surface area contributed by atoms with Crippen molar-refractivity contribution in [2.24, 2.45) is 0 Å². The Morgan fingerprint density at radius 1 is 1.09 bits per heavy atom. The Bertz CT molecular complexity index is 786. The number of rotatable bonds is 4. The predicted octanol–water partition coefficient (Wildman–Crippen LogP) is 3.84. The Labute approximate surface area is 132 Å². The van der Waals surface area contributed by atoms with Crippen molar-refractivity contribution >= 4 is 34.4 Å². The molecule has 2 heterocycles. The highest BCUT2D eigenvalue weighted by Gasteiger charge is 2.07. The Morgan fingerprint density at radius 2 is 1.95 bits per heavy atom. The number of carbonyl (C=O) groups is 1. The van der Waals surface area contributed by atoms with Crippen molar-refractivity contribution in [3.63, 3.8) is 0 Å². The van der Waals surface area contributed by atoms with Crippen molar-refractivity contribution in [3.8, 4) is 0 Å². The van der Waals surface area contributed by atoms with Crippen LogP contribution >= 0.6 is 11.3 Å². The van der Waals surface area contributed by atoms with Gasteiger partial charge in [0, 0.05) is 23.1 Å². The van der Waals surface area contributed by atoms with E-state index in [0.717, 1.165) is 17.1 Å². The second kappa shape index (κ2) is 6.36. The van der Waals surface area contributed by atoms with Crippen LogP contribution in [-0.2, 0) is 0 Å². The van der Waals surface area contributed by atoms with Crippen LogP contribution < -0.4 is 10.6 Å². The van der Waals surface area contributed by atoms with Crippen LogP contribution in [0.4, 0.5) is 17.2 Å². The lowest BCUT2D eigenvalue weighted by Crippen LogP contribution is -2.10. The highest BCUT2D eigenvalue weighted by atomic mass is 32.1. The number of anilines is 3. The number of aromatic nitrogens is 2. The Morgan fingerprint density at radius 3 is 2.73 bits per heavy atom. The lowest BCUT2D eigenvalue weighted by Gasteiger charge is -2.08. The molecule has 0 fully saturated rings. The van der Waals surface area contributed by atoms with E-state index in [-0.39, 0.29) is 5.91 Å². The van der Waals surface area contributed by atoms with Gasteiger partial charge in [0.25, 0.3) is 5.91 Å². The van der Waals surface area contributed by atoms with Crippen LogP contribution in [0.25, 0.3) is 0 Å². The first kappa shape index (κ1) is 14.2. The molecule has 1 amide bonds. The summed E-state index contributed by atoms with van der Waals surface area (Å²) in [6.45, 7) is 1.91. The van der Waals surface area contributed by atoms with Gasteiger partial charge in [-0.2, -0.15) is 0 Å². The van der Waals surface area contributed by atoms with Crippen LogP contribution in [0.5, 0.6) is 0 Å². The molecule has 1 aromatic carbocycles. The summed E-state index contributed by atoms with van der Waals surface area (Å²) in [4.78, 5) is 21.0. The highest BCUT2D eigenvalue weighted by molar-refractivity contribution is 7.12. The lowest BCUT2D eigenvalue weighted by atomic mass is 10.2. The van der Waals surface area contributed by atoms with E-state index in [9.17, 15) is 4.79 Å². The smallest absolute Gasteiger partial charge is 0.265 e. The molecule has 0 saturated heterocycles. The van der Waals surface area contributed by atoms with Crippen molar-refractivity contribution < 1.29 is 4.79 Å². The fourth-order valence-electron chi connectivity index (χ4n) is 1.95. The minimum absolute atomic E-state index is 0.106. The quantitative estimate of drug-likeness (QED) is 0.768. The Kier molecular flexibility index (Phi) is 4.11. The maximum absolute atomic E-state index is 12.0. The van der Waals surface area contributed by atoms with Crippen LogP contribution in [0.3, 0.4) is 0 Å². The second-order valence-corrected chi connectivity index (χ2v) is 5.63. The van der Waals surface area contributed by atoms with Gasteiger partial charge in [0.05, 0.1) is 4.88 Å². The van der Waals surface area contributed by atoms with E-state index in [1.807, 2.05) is 48.7 Å². The summed E-state index contributed by atoms with van der Waals surface area (Å²) in [5.74, 6) is 0.610. The van der Waals surface area contributed by atoms with E-state index in [1.165, 1.54) is 17.7 Å². The number of nitrogens with zero attached hydrogens (tertiary/aromatic N) is 2. The number of hydrogen-bond acceptors (Lipinski definition) is 5. The number of carbonyl (C=O) groups excluding carboxylic acids is 1. The van der Waals surface area contributed by atoms with Gasteiger partial charge >= 0.3 is 0 Å². The SMILES string of the molecule is Cc1cc(Nc2cccc(NC(=O)c3cccs3)c2)ncn1. The Hall–Kier alpha value is -2.73. The van der Waals surface area contributed by atoms with Gasteiger partial charge in [0.1, 0.15) is 12.1 Å². The van der Waals surface area contributed by atoms with Gasteiger partial charge in [-0.3, -0.25) is 4.79 Å². The molecule has 0 radical (unpaired) electrons. The summed E-state index contributed by atoms with van der Waals surface area (Å²) in [7, 11) is 0. The van der Waals surface area contributed by atoms with Crippen LogP contribution in [0.15, 0.2) is 54.2 Å². The maximum Gasteiger partial charge on any atom is 0.265 e. The van der Waals surface area contributed by atoms with E-state index < -0.39 is 0 Å². The van der Waals surface area contributed by atoms with Crippen LogP contribution in [0.1, 0.15) is 15.4 Å². The molecule has 6 heteroatoms. The molecule has 3 aromatic rings. The first-order chi connectivity index (χ1) is 10.7. The molecule has 0 atom stereocenters. The third-order valence-electron chi connectivity index (χ3n) is 2.94. The molecule has 0 saturated carbocycles. The maximum atomic E-state index is 12.0. The zero-order valence-electron chi connectivity index (χ0n) is 11.9. The molecule has 0 unspecified atom stereocenters. The van der Waals surface area contributed by atoms with Crippen molar-refractivity contribution in [2.45, 2.75) is 6.92 Å². The molecule has 0 bridgehead atoms. The molecule has 5 nitrogen and oxygen atoms in total. The first-order valence-electron chi connectivity index (χ1n) is 6.71. The van der Waals surface area contributed by atoms with Crippen LogP contribution in [0, 0.1) is 6.92 Å². The molecular formula is C16H14N4OS. The number of hydrogen-bond donors (Lipinski definition) is 2. The standard InChI is InChI=1S/C16H14N4OS/c1-11-8-15(18-10-17-11)19-12-4-2-5-13(9-12)20-16(21)14-6-3-7-22-14/h2-10H,1H3,(H,20,21)(H,17,18,19). The van der Waals surface area contributed by atoms with Crippen LogP contribution in [-0.4, -0.2) is 15.9 Å². The van der Waals surface area contributed by atoms with Gasteiger partial charge in [0.2, 0.25) is 0 Å². The monoisotopic (exact) mass is 310 g/mol. The second-order valence-electron chi connectivity index (χ2n) is 4.68. The minimum atomic E-state index is -0.106. The average molecular weight is 310 g/mol. The van der Waals surface area contributed by atoms with Gasteiger partial charge in [0.15, 0.2) is 0 Å². The molecule has 0 spiro atoms. The number of amides is 1. The van der Waals surface area contributed by atoms with E-state index >= 15 is 0 Å². The van der Waals surface area contributed by atoms with E-state index in [2.05, 4.69) is 20.6 Å². The van der Waals surface area contributed by atoms with Crippen molar-refractivity contribution in [1.82, 2.24) is 9.97 Å². The zero-order valence-corrected chi connectivity index (χ0v) is 12.7. The third kappa shape index (κ3) is 3.48. The van der Waals surface area contributed by atoms with Gasteiger partial charge in [-0.25, -0.2) is 9.97 Å². The fourth-order valence-corrected chi connectivity index (χ4v) is 2.56. The number of benzene rings is 1. The molecule has 0 aliphatic heterocycles. The molecule has 0 aliphatic carbocycles. The minimum Gasteiger partial charge on any atom is -0.340 e. The summed E-state index contributed by atoms with van der Waals surface area (Å²) < 4.78 is 0. The zero-order chi connectivity index (χ0) is 15.4. The van der Waals surface area contributed by atoms with Crippen molar-refractivity contribution in [2.75, 3.05) is 10.6 Å². The molecule has 110 valence electrons. The van der Waals surface area contributed by atoms with Gasteiger partial charge < -0.3 is 10.6 Å². The van der Waals surface area contributed by atoms with Crippen molar-refractivity contribution in [3.05, 3.63) is 64.7 Å². The summed E-state index contributed by atoms with van der Waals surface area (Å²) in [5.41, 5.74) is 2.47. The number of aryl methyl sites for hydroxylation is 1. The van der Waals surface area contributed by atoms with E-state index in [4.69, 9.17) is 0 Å². The molecular weight excluding hydrogens is 296 g/mol. The lowest BCUT2D eigenvalue weighted by molar-refractivity contribution is 0.103. The molecule has 2 N–H and O–H groups in total. The number of thiophene rings is 1. The first-order valence-corrected chi connectivity index (χ1v) is 7.59. The topological polar surface area (TPSA) is 66.9 Å². The van der Waals surface area contributed by atoms with E-state index in [1.54, 1.807) is 6.07 Å². The Balaban J connectivity index is 1.74. The summed E-state index contributed by atoms with van der Waals surface area (Å²) in [6.07, 6.45) is 1.51. The summed E-state index contributed by atoms with van der Waals surface area (Å²) >= 11 is 1.41. The predicted molar refractivity (Wildman–Crippen MR) is 88.8 cm³/mol. The fraction of sp³-hybridized carbons (Fsp3) is 0.0625. The van der Waals surface area contributed by atoms with Crippen LogP contribution in [0.2, 0.25) is 0 Å². The molecule has 3 rings (SSSR count). The summed E-state index contributed by atoms with van der Waals surface area (Å²) in [5, 5.41) is 7.95. The highest BCUT2D eigenvalue weighted by Crippen LogP contribution is 2.20. The largest absolute Gasteiger partial charge is 0.340 e. The average Bonchev–Trinajstić information content (AvgIpc) is 3.02. The third-order valence-corrected chi connectivity index (χ3v) is 3.81. The molecule has 0 aliphatic rings. The van der Waals surface area contributed by atoms with Gasteiger partial charge in [-0.15, -0.1) is 11.3 Å². The normalized spacial score (nSPS) is 10.2.